The zero-order valence-electron chi connectivity index (χ0n) is 19.9. The Morgan fingerprint density at radius 1 is 0.722 bits per heavy atom. The Bertz CT molecular complexity index is 1110. The van der Waals surface area contributed by atoms with Gasteiger partial charge in [-0.05, 0) is 11.1 Å². The van der Waals surface area contributed by atoms with E-state index in [1.165, 1.54) is 10.5 Å². The molecule has 0 saturated heterocycles. The third kappa shape index (κ3) is 24.7. The first-order chi connectivity index (χ1) is 16.1. The molecule has 2 aromatic rings. The number of benzene rings is 2. The van der Waals surface area contributed by atoms with Gasteiger partial charge in [0, 0.05) is 26.2 Å². The molecular formula is C20H31N2NaO10S3. The summed E-state index contributed by atoms with van der Waals surface area (Å²) in [5.41, 5.74) is 7.41. The summed E-state index contributed by atoms with van der Waals surface area (Å²) in [5.74, 6) is -1.68. The van der Waals surface area contributed by atoms with Crippen molar-refractivity contribution in [3.63, 3.8) is 0 Å². The van der Waals surface area contributed by atoms with E-state index in [1.54, 1.807) is 12.1 Å². The van der Waals surface area contributed by atoms with Crippen LogP contribution in [0.3, 0.4) is 0 Å². The monoisotopic (exact) mass is 578 g/mol. The summed E-state index contributed by atoms with van der Waals surface area (Å²) in [6.45, 7) is 0.324. The second kappa shape index (κ2) is 19.2. The summed E-state index contributed by atoms with van der Waals surface area (Å²) in [6, 6.07) is 19.0. The van der Waals surface area contributed by atoms with Crippen LogP contribution in [-0.2, 0) is 43.4 Å². The number of rotatable bonds is 11. The fourth-order valence-electron chi connectivity index (χ4n) is 2.33. The molecule has 0 bridgehead atoms. The molecule has 0 aromatic heterocycles. The standard InChI is InChI=1S/C11H17NO6S2.C7H9N.C2H6O4S.Na/c13-19(14,15)8-6-12(7-9-20(16,17)18)10-11-4-2-1-3-5-11;8-6-7-4-2-1-3-5-7;3-1-2-7(4,5)6;/h1-5H,6-10H2,(H,13,14,15)(H,16,17,18);1-5H,6,8H2;3H,1-2H2,(H,4,5,6);/q;;;+1/p-1. The fourth-order valence-corrected chi connectivity index (χ4v) is 3.53. The van der Waals surface area contributed by atoms with Gasteiger partial charge in [0.25, 0.3) is 20.2 Å². The minimum absolute atomic E-state index is 0. The van der Waals surface area contributed by atoms with Crippen molar-refractivity contribution in [2.45, 2.75) is 13.1 Å². The van der Waals surface area contributed by atoms with E-state index in [0.717, 1.165) is 5.56 Å². The van der Waals surface area contributed by atoms with E-state index in [2.05, 4.69) is 0 Å². The molecule has 2 rings (SSSR count). The van der Waals surface area contributed by atoms with Crippen molar-refractivity contribution >= 4 is 30.4 Å². The predicted molar refractivity (Wildman–Crippen MR) is 131 cm³/mol. The molecule has 0 fully saturated rings. The predicted octanol–water partition coefficient (Wildman–Crippen LogP) is -3.06. The third-order valence-electron chi connectivity index (χ3n) is 4.00. The molecule has 0 aliphatic carbocycles. The normalized spacial score (nSPS) is 11.4. The van der Waals surface area contributed by atoms with Crippen LogP contribution in [0.5, 0.6) is 0 Å². The molecule has 0 saturated carbocycles. The van der Waals surface area contributed by atoms with Gasteiger partial charge in [0.15, 0.2) is 0 Å². The maximum Gasteiger partial charge on any atom is 1.00 e. The molecule has 2 aromatic carbocycles. The van der Waals surface area contributed by atoms with Gasteiger partial charge in [-0.25, -0.2) is 8.42 Å². The van der Waals surface area contributed by atoms with Crippen LogP contribution in [0.25, 0.3) is 0 Å². The first-order valence-corrected chi connectivity index (χ1v) is 14.9. The van der Waals surface area contributed by atoms with Crippen LogP contribution in [0.15, 0.2) is 60.7 Å². The molecule has 16 heteroatoms. The van der Waals surface area contributed by atoms with Crippen LogP contribution >= 0.6 is 0 Å². The second-order valence-corrected chi connectivity index (χ2v) is 11.7. The maximum absolute atomic E-state index is 10.8. The first kappa shape index (κ1) is 37.2. The molecule has 12 nitrogen and oxygen atoms in total. The van der Waals surface area contributed by atoms with E-state index in [-0.39, 0.29) is 42.6 Å². The summed E-state index contributed by atoms with van der Waals surface area (Å²) in [7, 11) is -12.4. The van der Waals surface area contributed by atoms with E-state index in [4.69, 9.17) is 19.9 Å². The van der Waals surface area contributed by atoms with Crippen LogP contribution in [0, 0.1) is 0 Å². The molecule has 0 aliphatic rings. The van der Waals surface area contributed by atoms with Gasteiger partial charge in [-0.15, -0.1) is 0 Å². The zero-order valence-corrected chi connectivity index (χ0v) is 24.3. The molecule has 0 aliphatic heterocycles. The minimum atomic E-state index is -4.17. The number of hydrogen-bond acceptors (Lipinski definition) is 10. The zero-order chi connectivity index (χ0) is 27.0. The van der Waals surface area contributed by atoms with Crippen molar-refractivity contribution < 1.29 is 73.6 Å². The van der Waals surface area contributed by atoms with Crippen LogP contribution in [0.4, 0.5) is 0 Å². The van der Waals surface area contributed by atoms with Gasteiger partial charge >= 0.3 is 29.6 Å². The average Bonchev–Trinajstić information content (AvgIpc) is 2.76. The number of aliphatic hydroxyl groups excluding tert-OH is 1. The number of nitrogens with zero attached hydrogens (tertiary/aromatic N) is 1. The Hall–Kier alpha value is -0.950. The van der Waals surface area contributed by atoms with Crippen LogP contribution in [-0.4, -0.2) is 85.9 Å². The van der Waals surface area contributed by atoms with E-state index >= 15 is 0 Å². The summed E-state index contributed by atoms with van der Waals surface area (Å²) >= 11 is 0. The average molecular weight is 579 g/mol. The van der Waals surface area contributed by atoms with Crippen molar-refractivity contribution in [3.8, 4) is 0 Å². The first-order valence-electron chi connectivity index (χ1n) is 10.1. The van der Waals surface area contributed by atoms with Gasteiger partial charge in [0.1, 0.15) is 0 Å². The minimum Gasteiger partial charge on any atom is -0.748 e. The van der Waals surface area contributed by atoms with Gasteiger partial charge < -0.3 is 15.4 Å². The number of hydrogen-bond donors (Lipinski definition) is 4. The molecule has 0 unspecified atom stereocenters. The molecule has 5 N–H and O–H groups in total. The van der Waals surface area contributed by atoms with Crippen molar-refractivity contribution in [2.75, 3.05) is 37.0 Å². The van der Waals surface area contributed by atoms with Gasteiger partial charge in [-0.1, -0.05) is 60.7 Å². The Morgan fingerprint density at radius 3 is 1.36 bits per heavy atom. The summed E-state index contributed by atoms with van der Waals surface area (Å²) in [5, 5.41) is 7.82. The molecule has 0 atom stereocenters. The molecule has 200 valence electrons. The van der Waals surface area contributed by atoms with E-state index in [0.29, 0.717) is 13.1 Å². The molecule has 0 amide bonds. The summed E-state index contributed by atoms with van der Waals surface area (Å²) in [4.78, 5) is 1.54. The van der Waals surface area contributed by atoms with Gasteiger partial charge in [0.2, 0.25) is 0 Å². The van der Waals surface area contributed by atoms with Crippen molar-refractivity contribution in [3.05, 3.63) is 71.8 Å². The Labute approximate surface area is 235 Å². The number of nitrogens with two attached hydrogens (primary N) is 1. The Kier molecular flexibility index (Phi) is 19.8. The van der Waals surface area contributed by atoms with Crippen LogP contribution in [0.1, 0.15) is 11.1 Å². The summed E-state index contributed by atoms with van der Waals surface area (Å²) in [6.07, 6.45) is 0. The quantitative estimate of drug-likeness (QED) is 0.154. The SMILES string of the molecule is NCc1ccccc1.O=S(=O)(O)CCN(CCS(=O)(=O)O)Cc1ccccc1.O=S(=O)([O-])CCO.[Na+]. The molecular weight excluding hydrogens is 547 g/mol. The van der Waals surface area contributed by atoms with E-state index in [1.807, 2.05) is 48.5 Å². The molecule has 0 spiro atoms. The number of aliphatic hydroxyl groups is 1. The van der Waals surface area contributed by atoms with E-state index < -0.39 is 54.2 Å². The maximum atomic E-state index is 10.8. The van der Waals surface area contributed by atoms with Crippen LogP contribution < -0.4 is 35.3 Å². The van der Waals surface area contributed by atoms with Crippen molar-refractivity contribution in [2.24, 2.45) is 5.73 Å². The largest absolute Gasteiger partial charge is 1.00 e. The van der Waals surface area contributed by atoms with Gasteiger partial charge in [-0.2, -0.15) is 16.8 Å². The fraction of sp³-hybridized carbons (Fsp3) is 0.400. The molecule has 0 heterocycles. The smallest absolute Gasteiger partial charge is 0.748 e. The van der Waals surface area contributed by atoms with Crippen molar-refractivity contribution in [1.29, 1.82) is 0 Å². The Balaban J connectivity index is 0. The topological polar surface area (TPSA) is 215 Å². The van der Waals surface area contributed by atoms with Gasteiger partial charge in [0.05, 0.1) is 34.0 Å². The Morgan fingerprint density at radius 2 is 1.11 bits per heavy atom. The van der Waals surface area contributed by atoms with E-state index in [9.17, 15) is 29.8 Å². The van der Waals surface area contributed by atoms with Crippen LogP contribution in [0.2, 0.25) is 0 Å². The van der Waals surface area contributed by atoms with Gasteiger partial charge in [-0.3, -0.25) is 14.0 Å². The molecule has 0 radical (unpaired) electrons. The molecule has 36 heavy (non-hydrogen) atoms. The third-order valence-corrected chi connectivity index (χ3v) is 6.08. The second-order valence-electron chi connectivity index (χ2n) is 7.01. The van der Waals surface area contributed by atoms with Crippen molar-refractivity contribution in [1.82, 2.24) is 4.90 Å². The summed E-state index contributed by atoms with van der Waals surface area (Å²) < 4.78 is 89.0.